The summed E-state index contributed by atoms with van der Waals surface area (Å²) in [6.45, 7) is 3.51. The molecular formula is C17H16F3NO4. The molecule has 0 aliphatic carbocycles. The first kappa shape index (κ1) is 18.6. The van der Waals surface area contributed by atoms with Crippen LogP contribution in [-0.2, 0) is 15.7 Å². The molecule has 0 saturated carbocycles. The Morgan fingerprint density at radius 2 is 1.96 bits per heavy atom. The van der Waals surface area contributed by atoms with Crippen molar-refractivity contribution >= 4 is 11.9 Å². The van der Waals surface area contributed by atoms with Crippen LogP contribution in [0, 0.1) is 0 Å². The molecule has 0 radical (unpaired) electrons. The van der Waals surface area contributed by atoms with Crippen LogP contribution in [0.1, 0.15) is 30.0 Å². The Bertz CT molecular complexity index is 767. The van der Waals surface area contributed by atoms with Crippen LogP contribution in [0.25, 0.3) is 11.3 Å². The molecule has 1 heterocycles. The molecule has 1 N–H and O–H groups in total. The second-order valence-electron chi connectivity index (χ2n) is 5.18. The largest absolute Gasteiger partial charge is 0.449 e. The van der Waals surface area contributed by atoms with Gasteiger partial charge >= 0.3 is 12.1 Å². The summed E-state index contributed by atoms with van der Waals surface area (Å²) in [6.07, 6.45) is -5.50. The van der Waals surface area contributed by atoms with E-state index < -0.39 is 29.7 Å². The first-order valence-corrected chi connectivity index (χ1v) is 7.48. The Labute approximate surface area is 141 Å². The number of hydrogen-bond donors (Lipinski definition) is 1. The molecule has 25 heavy (non-hydrogen) atoms. The Morgan fingerprint density at radius 3 is 2.60 bits per heavy atom. The number of alkyl halides is 3. The molecule has 2 aromatic rings. The first-order valence-electron chi connectivity index (χ1n) is 7.48. The number of amides is 1. The molecule has 8 heteroatoms. The molecule has 2 rings (SSSR count). The average Bonchev–Trinajstić information content (AvgIpc) is 3.04. The van der Waals surface area contributed by atoms with E-state index in [1.165, 1.54) is 31.2 Å². The summed E-state index contributed by atoms with van der Waals surface area (Å²) in [5.41, 5.74) is -0.652. The summed E-state index contributed by atoms with van der Waals surface area (Å²) in [5, 5.41) is 2.50. The number of benzene rings is 1. The maximum absolute atomic E-state index is 12.8. The van der Waals surface area contributed by atoms with E-state index >= 15 is 0 Å². The van der Waals surface area contributed by atoms with E-state index in [2.05, 4.69) is 5.32 Å². The van der Waals surface area contributed by atoms with E-state index in [4.69, 9.17) is 9.15 Å². The molecule has 0 aliphatic heterocycles. The fourth-order valence-electron chi connectivity index (χ4n) is 2.04. The van der Waals surface area contributed by atoms with Gasteiger partial charge in [0.1, 0.15) is 5.76 Å². The molecule has 1 amide bonds. The van der Waals surface area contributed by atoms with Gasteiger partial charge in [-0.15, -0.1) is 0 Å². The van der Waals surface area contributed by atoms with Crippen LogP contribution in [0.2, 0.25) is 0 Å². The monoisotopic (exact) mass is 355 g/mol. The predicted octanol–water partition coefficient (Wildman–Crippen LogP) is 3.65. The van der Waals surface area contributed by atoms with Gasteiger partial charge < -0.3 is 14.5 Å². The molecule has 0 bridgehead atoms. The predicted molar refractivity (Wildman–Crippen MR) is 82.7 cm³/mol. The number of likely N-dealkylation sites (N-methyl/N-ethyl adjacent to an activating group) is 1. The van der Waals surface area contributed by atoms with Crippen molar-refractivity contribution in [3.05, 3.63) is 47.7 Å². The summed E-state index contributed by atoms with van der Waals surface area (Å²) in [6, 6.07) is 7.18. The summed E-state index contributed by atoms with van der Waals surface area (Å²) < 4.78 is 48.5. The molecule has 5 nitrogen and oxygen atoms in total. The van der Waals surface area contributed by atoms with Crippen molar-refractivity contribution in [3.63, 3.8) is 0 Å². The zero-order valence-corrected chi connectivity index (χ0v) is 13.5. The molecule has 0 saturated heterocycles. The van der Waals surface area contributed by atoms with Crippen molar-refractivity contribution in [3.8, 4) is 11.3 Å². The second-order valence-corrected chi connectivity index (χ2v) is 5.18. The van der Waals surface area contributed by atoms with Gasteiger partial charge in [0.15, 0.2) is 6.10 Å². The zero-order valence-electron chi connectivity index (χ0n) is 13.5. The van der Waals surface area contributed by atoms with Gasteiger partial charge in [0.05, 0.1) is 5.56 Å². The standard InChI is InChI=1S/C17H16F3NO4/c1-3-21-15(22)10(2)24-16(23)14-8-7-13(25-14)11-5-4-6-12(9-11)17(18,19)20/h4-10H,3H2,1-2H3,(H,21,22)/t10-/m1/s1. The number of carbonyl (C=O) groups is 2. The van der Waals surface area contributed by atoms with Crippen molar-refractivity contribution in [1.29, 1.82) is 0 Å². The number of esters is 1. The van der Waals surface area contributed by atoms with E-state index in [0.29, 0.717) is 6.54 Å². The Morgan fingerprint density at radius 1 is 1.24 bits per heavy atom. The number of carbonyl (C=O) groups excluding carboxylic acids is 2. The molecule has 0 aliphatic rings. The normalized spacial score (nSPS) is 12.5. The van der Waals surface area contributed by atoms with Gasteiger partial charge in [-0.05, 0) is 38.1 Å². The van der Waals surface area contributed by atoms with Crippen molar-refractivity contribution in [1.82, 2.24) is 5.32 Å². The fourth-order valence-corrected chi connectivity index (χ4v) is 2.04. The lowest BCUT2D eigenvalue weighted by molar-refractivity contribution is -0.137. The number of hydrogen-bond acceptors (Lipinski definition) is 4. The lowest BCUT2D eigenvalue weighted by Gasteiger charge is -2.11. The van der Waals surface area contributed by atoms with Crippen molar-refractivity contribution in [2.24, 2.45) is 0 Å². The highest BCUT2D eigenvalue weighted by atomic mass is 19.4. The number of nitrogens with one attached hydrogen (secondary N) is 1. The maximum atomic E-state index is 12.8. The van der Waals surface area contributed by atoms with Gasteiger partial charge in [-0.2, -0.15) is 13.2 Å². The van der Waals surface area contributed by atoms with E-state index in [9.17, 15) is 22.8 Å². The van der Waals surface area contributed by atoms with E-state index in [1.807, 2.05) is 0 Å². The SMILES string of the molecule is CCNC(=O)[C@@H](C)OC(=O)c1ccc(-c2cccc(C(F)(F)F)c2)o1. The highest BCUT2D eigenvalue weighted by Gasteiger charge is 2.30. The van der Waals surface area contributed by atoms with Gasteiger partial charge in [0.25, 0.3) is 5.91 Å². The molecular weight excluding hydrogens is 339 g/mol. The third kappa shape index (κ3) is 4.62. The van der Waals surface area contributed by atoms with Crippen LogP contribution >= 0.6 is 0 Å². The third-order valence-electron chi connectivity index (χ3n) is 3.29. The number of ether oxygens (including phenoxy) is 1. The minimum atomic E-state index is -4.48. The summed E-state index contributed by atoms with van der Waals surface area (Å²) in [4.78, 5) is 23.5. The Kier molecular flexibility index (Phi) is 5.51. The van der Waals surface area contributed by atoms with E-state index in [0.717, 1.165) is 12.1 Å². The highest BCUT2D eigenvalue weighted by Crippen LogP contribution is 2.32. The zero-order chi connectivity index (χ0) is 18.6. The Hall–Kier alpha value is -2.77. The van der Waals surface area contributed by atoms with Crippen LogP contribution < -0.4 is 5.32 Å². The molecule has 0 spiro atoms. The number of furan rings is 1. The summed E-state index contributed by atoms with van der Waals surface area (Å²) in [7, 11) is 0. The van der Waals surface area contributed by atoms with Gasteiger partial charge in [-0.25, -0.2) is 4.79 Å². The lowest BCUT2D eigenvalue weighted by atomic mass is 10.1. The number of halogens is 3. The quantitative estimate of drug-likeness (QED) is 0.832. The average molecular weight is 355 g/mol. The van der Waals surface area contributed by atoms with Gasteiger partial charge in [-0.3, -0.25) is 4.79 Å². The highest BCUT2D eigenvalue weighted by molar-refractivity contribution is 5.90. The van der Waals surface area contributed by atoms with Crippen LogP contribution in [0.3, 0.4) is 0 Å². The van der Waals surface area contributed by atoms with Crippen molar-refractivity contribution < 1.29 is 31.9 Å². The van der Waals surface area contributed by atoms with Crippen molar-refractivity contribution in [2.75, 3.05) is 6.54 Å². The molecule has 1 atom stereocenters. The van der Waals surface area contributed by atoms with Crippen LogP contribution in [0.5, 0.6) is 0 Å². The molecule has 1 aromatic heterocycles. The fraction of sp³-hybridized carbons (Fsp3) is 0.294. The van der Waals surface area contributed by atoms with Crippen LogP contribution in [0.15, 0.2) is 40.8 Å². The topological polar surface area (TPSA) is 68.5 Å². The van der Waals surface area contributed by atoms with E-state index in [1.54, 1.807) is 6.92 Å². The maximum Gasteiger partial charge on any atom is 0.416 e. The van der Waals surface area contributed by atoms with Crippen LogP contribution in [0.4, 0.5) is 13.2 Å². The smallest absolute Gasteiger partial charge is 0.416 e. The second kappa shape index (κ2) is 7.42. The first-order chi connectivity index (χ1) is 11.7. The molecule has 1 aromatic carbocycles. The third-order valence-corrected chi connectivity index (χ3v) is 3.29. The van der Waals surface area contributed by atoms with Gasteiger partial charge in [-0.1, -0.05) is 12.1 Å². The molecule has 0 unspecified atom stereocenters. The molecule has 134 valence electrons. The Balaban J connectivity index is 2.15. The lowest BCUT2D eigenvalue weighted by Crippen LogP contribution is -2.35. The van der Waals surface area contributed by atoms with E-state index in [-0.39, 0.29) is 17.1 Å². The van der Waals surface area contributed by atoms with Crippen LogP contribution in [-0.4, -0.2) is 24.5 Å². The summed E-state index contributed by atoms with van der Waals surface area (Å²) >= 11 is 0. The van der Waals surface area contributed by atoms with Gasteiger partial charge in [0, 0.05) is 12.1 Å². The van der Waals surface area contributed by atoms with Gasteiger partial charge in [0.2, 0.25) is 5.76 Å². The summed E-state index contributed by atoms with van der Waals surface area (Å²) in [5.74, 6) is -1.45. The van der Waals surface area contributed by atoms with Crippen molar-refractivity contribution in [2.45, 2.75) is 26.1 Å². The minimum Gasteiger partial charge on any atom is -0.449 e. The molecule has 0 fully saturated rings. The number of rotatable bonds is 5. The minimum absolute atomic E-state index is 0.0868.